The van der Waals surface area contributed by atoms with Gasteiger partial charge in [0.15, 0.2) is 12.4 Å². The number of alkyl carbamates (subject to hydrolysis) is 1. The van der Waals surface area contributed by atoms with Crippen LogP contribution in [0.4, 0.5) is 4.79 Å². The van der Waals surface area contributed by atoms with Crippen molar-refractivity contribution in [2.45, 2.75) is 123 Å². The van der Waals surface area contributed by atoms with E-state index in [2.05, 4.69) is 54.0 Å². The highest BCUT2D eigenvalue weighted by atomic mass is 16.5. The molecule has 1 amide bonds. The summed E-state index contributed by atoms with van der Waals surface area (Å²) in [6, 6.07) is 12.6. The molecule has 4 nitrogen and oxygen atoms in total. The summed E-state index contributed by atoms with van der Waals surface area (Å²) in [5.41, 5.74) is 4.11. The summed E-state index contributed by atoms with van der Waals surface area (Å²) in [5, 5.41) is 3.01. The minimum Gasteiger partial charge on any atom is -0.450 e. The number of allylic oxidation sites excluding steroid dienone is 1. The van der Waals surface area contributed by atoms with Crippen LogP contribution >= 0.6 is 0 Å². The van der Waals surface area contributed by atoms with Crippen LogP contribution in [0.1, 0.15) is 121 Å². The molecule has 0 aliphatic heterocycles. The van der Waals surface area contributed by atoms with Crippen LogP contribution in [-0.4, -0.2) is 12.7 Å². The molecule has 0 spiro atoms. The molecule has 4 heteroatoms. The summed E-state index contributed by atoms with van der Waals surface area (Å²) in [5.74, 6) is 0. The standard InChI is InChI=1S/C34H52N2O2/c1-6-7-8-15-20-30-21-19-25-36(28-30)24-16-13-11-9-10-12-14-17-26-38-33(37)35-34(4,5)32-23-18-22-31(27-32)29(2)3/h18-19,21-23,25,27-28H,2,6-17,20,24,26H2,1,3-5H3/p+1. The van der Waals surface area contributed by atoms with Crippen molar-refractivity contribution < 1.29 is 14.1 Å². The first kappa shape index (κ1) is 31.6. The third-order valence-electron chi connectivity index (χ3n) is 7.27. The zero-order valence-corrected chi connectivity index (χ0v) is 24.7. The van der Waals surface area contributed by atoms with Crippen molar-refractivity contribution in [3.8, 4) is 0 Å². The summed E-state index contributed by atoms with van der Waals surface area (Å²) in [7, 11) is 0. The van der Waals surface area contributed by atoms with Crippen LogP contribution in [0.5, 0.6) is 0 Å². The van der Waals surface area contributed by atoms with Crippen LogP contribution in [0.25, 0.3) is 5.57 Å². The second-order valence-electron chi connectivity index (χ2n) is 11.3. The maximum absolute atomic E-state index is 12.3. The largest absolute Gasteiger partial charge is 0.450 e. The average Bonchev–Trinajstić information content (AvgIpc) is 2.90. The Morgan fingerprint density at radius 2 is 1.61 bits per heavy atom. The van der Waals surface area contributed by atoms with E-state index in [1.165, 1.54) is 76.2 Å². The molecule has 1 aromatic carbocycles. The van der Waals surface area contributed by atoms with Crippen LogP contribution in [0.2, 0.25) is 0 Å². The molecule has 0 aliphatic carbocycles. The number of carbonyl (C=O) groups excluding carboxylic acids is 1. The van der Waals surface area contributed by atoms with Gasteiger partial charge < -0.3 is 10.1 Å². The van der Waals surface area contributed by atoms with Crippen LogP contribution < -0.4 is 9.88 Å². The number of pyridine rings is 1. The Bertz CT molecular complexity index is 966. The molecule has 0 atom stereocenters. The van der Waals surface area contributed by atoms with Gasteiger partial charge in [-0.15, -0.1) is 0 Å². The van der Waals surface area contributed by atoms with E-state index < -0.39 is 5.54 Å². The molecule has 1 aromatic heterocycles. The highest BCUT2D eigenvalue weighted by Crippen LogP contribution is 2.23. The van der Waals surface area contributed by atoms with Gasteiger partial charge in [-0.25, -0.2) is 9.36 Å². The molecule has 1 N–H and O–H groups in total. The number of nitrogens with one attached hydrogen (secondary N) is 1. The molecule has 0 aliphatic rings. The summed E-state index contributed by atoms with van der Waals surface area (Å²) in [6.45, 7) is 13.9. The minimum absolute atomic E-state index is 0.351. The van der Waals surface area contributed by atoms with Crippen molar-refractivity contribution in [1.29, 1.82) is 0 Å². The number of aryl methyl sites for hydroxylation is 2. The number of aromatic nitrogens is 1. The van der Waals surface area contributed by atoms with Crippen LogP contribution in [0.15, 0.2) is 55.4 Å². The molecule has 1 heterocycles. The Balaban J connectivity index is 1.48. The van der Waals surface area contributed by atoms with E-state index in [-0.39, 0.29) is 6.09 Å². The third kappa shape index (κ3) is 12.8. The smallest absolute Gasteiger partial charge is 0.407 e. The summed E-state index contributed by atoms with van der Waals surface area (Å²) in [4.78, 5) is 12.3. The number of rotatable bonds is 19. The van der Waals surface area contributed by atoms with Crippen molar-refractivity contribution in [3.05, 3.63) is 72.1 Å². The molecule has 210 valence electrons. The first-order valence-corrected chi connectivity index (χ1v) is 15.0. The molecule has 0 radical (unpaired) electrons. The van der Waals surface area contributed by atoms with Crippen molar-refractivity contribution in [2.24, 2.45) is 0 Å². The van der Waals surface area contributed by atoms with E-state index in [1.54, 1.807) is 0 Å². The molecule has 0 saturated carbocycles. The zero-order chi connectivity index (χ0) is 27.6. The highest BCUT2D eigenvalue weighted by molar-refractivity contribution is 5.69. The highest BCUT2D eigenvalue weighted by Gasteiger charge is 2.23. The Morgan fingerprint density at radius 1 is 0.921 bits per heavy atom. The van der Waals surface area contributed by atoms with Gasteiger partial charge in [-0.05, 0) is 69.7 Å². The van der Waals surface area contributed by atoms with E-state index in [0.29, 0.717) is 6.61 Å². The number of ether oxygens (including phenoxy) is 1. The minimum atomic E-state index is -0.502. The normalized spacial score (nSPS) is 11.4. The lowest BCUT2D eigenvalue weighted by atomic mass is 9.92. The molecule has 2 aromatic rings. The van der Waals surface area contributed by atoms with Gasteiger partial charge in [-0.2, -0.15) is 0 Å². The van der Waals surface area contributed by atoms with Gasteiger partial charge in [0, 0.05) is 18.1 Å². The zero-order valence-electron chi connectivity index (χ0n) is 24.7. The second kappa shape index (κ2) is 17.8. The monoisotopic (exact) mass is 521 g/mol. The van der Waals surface area contributed by atoms with Crippen LogP contribution in [0, 0.1) is 0 Å². The summed E-state index contributed by atoms with van der Waals surface area (Å²) in [6.07, 6.45) is 20.3. The van der Waals surface area contributed by atoms with Crippen molar-refractivity contribution in [3.63, 3.8) is 0 Å². The predicted octanol–water partition coefficient (Wildman–Crippen LogP) is 8.91. The predicted molar refractivity (Wildman–Crippen MR) is 160 cm³/mol. The maximum Gasteiger partial charge on any atom is 0.407 e. The Labute approximate surface area is 232 Å². The van der Waals surface area contributed by atoms with E-state index >= 15 is 0 Å². The van der Waals surface area contributed by atoms with E-state index in [4.69, 9.17) is 4.74 Å². The van der Waals surface area contributed by atoms with Gasteiger partial charge in [0.1, 0.15) is 6.54 Å². The number of hydrogen-bond donors (Lipinski definition) is 1. The van der Waals surface area contributed by atoms with Gasteiger partial charge in [-0.3, -0.25) is 0 Å². The molecule has 2 rings (SSSR count). The molecular weight excluding hydrogens is 468 g/mol. The number of benzene rings is 1. The second-order valence-corrected chi connectivity index (χ2v) is 11.3. The Morgan fingerprint density at radius 3 is 2.32 bits per heavy atom. The fourth-order valence-corrected chi connectivity index (χ4v) is 4.78. The van der Waals surface area contributed by atoms with E-state index in [1.807, 2.05) is 39.0 Å². The third-order valence-corrected chi connectivity index (χ3v) is 7.27. The van der Waals surface area contributed by atoms with Gasteiger partial charge in [0.25, 0.3) is 0 Å². The summed E-state index contributed by atoms with van der Waals surface area (Å²) >= 11 is 0. The average molecular weight is 522 g/mol. The summed E-state index contributed by atoms with van der Waals surface area (Å²) < 4.78 is 7.82. The number of carbonyl (C=O) groups is 1. The molecular formula is C34H53N2O2+. The lowest BCUT2D eigenvalue weighted by Crippen LogP contribution is -2.41. The number of hydrogen-bond acceptors (Lipinski definition) is 2. The number of unbranched alkanes of at least 4 members (excludes halogenated alkanes) is 10. The topological polar surface area (TPSA) is 42.2 Å². The van der Waals surface area contributed by atoms with Gasteiger partial charge >= 0.3 is 6.09 Å². The lowest BCUT2D eigenvalue weighted by Gasteiger charge is -2.27. The molecule has 0 fully saturated rings. The SMILES string of the molecule is C=C(C)c1cccc(C(C)(C)NC(=O)OCCCCCCCCCC[n+]2cccc(CCCCCC)c2)c1. The number of nitrogens with zero attached hydrogens (tertiary/aromatic N) is 1. The van der Waals surface area contributed by atoms with Gasteiger partial charge in [-0.1, -0.05) is 88.6 Å². The quantitative estimate of drug-likeness (QED) is 0.148. The Kier molecular flexibility index (Phi) is 14.8. The van der Waals surface area contributed by atoms with Crippen molar-refractivity contribution in [2.75, 3.05) is 6.61 Å². The molecule has 0 bridgehead atoms. The first-order chi connectivity index (χ1) is 18.3. The van der Waals surface area contributed by atoms with E-state index in [9.17, 15) is 4.79 Å². The van der Waals surface area contributed by atoms with Gasteiger partial charge in [0.05, 0.1) is 12.1 Å². The molecule has 38 heavy (non-hydrogen) atoms. The van der Waals surface area contributed by atoms with Crippen LogP contribution in [0.3, 0.4) is 0 Å². The molecule has 0 saturated heterocycles. The van der Waals surface area contributed by atoms with Crippen molar-refractivity contribution in [1.82, 2.24) is 5.32 Å². The molecule has 0 unspecified atom stereocenters. The van der Waals surface area contributed by atoms with Gasteiger partial charge in [0.2, 0.25) is 0 Å². The fraction of sp³-hybridized carbons (Fsp3) is 0.588. The van der Waals surface area contributed by atoms with Crippen LogP contribution in [-0.2, 0) is 23.2 Å². The number of amides is 1. The van der Waals surface area contributed by atoms with E-state index in [0.717, 1.165) is 36.1 Å². The first-order valence-electron chi connectivity index (χ1n) is 15.0. The maximum atomic E-state index is 12.3. The van der Waals surface area contributed by atoms with Crippen molar-refractivity contribution >= 4 is 11.7 Å². The lowest BCUT2D eigenvalue weighted by molar-refractivity contribution is -0.697. The fourth-order valence-electron chi connectivity index (χ4n) is 4.78. The Hall–Kier alpha value is -2.62.